The molecule has 0 aromatic rings. The molecule has 1 rings (SSSR count). The first-order chi connectivity index (χ1) is 8.01. The molecule has 0 aliphatic heterocycles. The highest BCUT2D eigenvalue weighted by atomic mass is 16.5. The largest absolute Gasteiger partial charge is 0.467 e. The van der Waals surface area contributed by atoms with Gasteiger partial charge >= 0.3 is 5.97 Å². The number of aliphatic hydroxyl groups excluding tert-OH is 1. The Balaban J connectivity index is 2.54. The monoisotopic (exact) mass is 245 g/mol. The Morgan fingerprint density at radius 3 is 2.59 bits per heavy atom. The first-order valence-electron chi connectivity index (χ1n) is 6.17. The maximum atomic E-state index is 11.4. The van der Waals surface area contributed by atoms with Gasteiger partial charge in [-0.2, -0.15) is 0 Å². The summed E-state index contributed by atoms with van der Waals surface area (Å²) in [7, 11) is 1.28. The average Bonchev–Trinajstić information content (AvgIpc) is 2.21. The van der Waals surface area contributed by atoms with E-state index >= 15 is 0 Å². The Hall–Kier alpha value is -0.650. The van der Waals surface area contributed by atoms with E-state index in [0.717, 1.165) is 12.8 Å². The SMILES string of the molecule is COC(=O)C(C)(O)CN(CCCO)C1CCC1. The molecule has 5 nitrogen and oxygen atoms in total. The Morgan fingerprint density at radius 1 is 1.53 bits per heavy atom. The lowest BCUT2D eigenvalue weighted by Gasteiger charge is -2.40. The summed E-state index contributed by atoms with van der Waals surface area (Å²) in [5.41, 5.74) is -1.47. The van der Waals surface area contributed by atoms with Gasteiger partial charge in [-0.05, 0) is 26.2 Å². The van der Waals surface area contributed by atoms with E-state index in [1.54, 1.807) is 0 Å². The molecule has 5 heteroatoms. The molecule has 0 spiro atoms. The molecule has 1 unspecified atom stereocenters. The van der Waals surface area contributed by atoms with Crippen molar-refractivity contribution in [2.24, 2.45) is 0 Å². The van der Waals surface area contributed by atoms with Gasteiger partial charge in [0, 0.05) is 25.7 Å². The van der Waals surface area contributed by atoms with Gasteiger partial charge in [-0.1, -0.05) is 6.42 Å². The van der Waals surface area contributed by atoms with Crippen molar-refractivity contribution in [3.63, 3.8) is 0 Å². The molecular weight excluding hydrogens is 222 g/mol. The predicted octanol–water partition coefficient (Wildman–Crippen LogP) is 0.147. The third-order valence-electron chi connectivity index (χ3n) is 3.33. The van der Waals surface area contributed by atoms with E-state index < -0.39 is 11.6 Å². The number of rotatable bonds is 7. The van der Waals surface area contributed by atoms with E-state index in [2.05, 4.69) is 9.64 Å². The number of methoxy groups -OCH3 is 1. The molecule has 0 radical (unpaired) electrons. The molecule has 0 amide bonds. The van der Waals surface area contributed by atoms with Crippen molar-refractivity contribution in [3.8, 4) is 0 Å². The van der Waals surface area contributed by atoms with Gasteiger partial charge in [-0.25, -0.2) is 4.79 Å². The molecule has 1 fully saturated rings. The minimum Gasteiger partial charge on any atom is -0.467 e. The van der Waals surface area contributed by atoms with E-state index in [1.165, 1.54) is 20.5 Å². The lowest BCUT2D eigenvalue weighted by atomic mass is 9.90. The van der Waals surface area contributed by atoms with Gasteiger partial charge < -0.3 is 14.9 Å². The topological polar surface area (TPSA) is 70.0 Å². The molecule has 1 saturated carbocycles. The number of nitrogens with zero attached hydrogens (tertiary/aromatic N) is 1. The molecular formula is C12H23NO4. The standard InChI is InChI=1S/C12H23NO4/c1-12(16,11(15)17-2)9-13(7-4-8-14)10-5-3-6-10/h10,14,16H,3-9H2,1-2H3. The lowest BCUT2D eigenvalue weighted by Crippen LogP contribution is -2.52. The van der Waals surface area contributed by atoms with Crippen molar-refractivity contribution in [2.45, 2.75) is 44.2 Å². The van der Waals surface area contributed by atoms with Crippen LogP contribution in [0.25, 0.3) is 0 Å². The number of aliphatic hydroxyl groups is 2. The van der Waals surface area contributed by atoms with Gasteiger partial charge in [-0.3, -0.25) is 4.90 Å². The number of hydrogen-bond donors (Lipinski definition) is 2. The predicted molar refractivity (Wildman–Crippen MR) is 63.6 cm³/mol. The Labute approximate surface area is 102 Å². The number of esters is 1. The summed E-state index contributed by atoms with van der Waals surface area (Å²) in [6.07, 6.45) is 4.06. The maximum absolute atomic E-state index is 11.4. The number of hydrogen-bond acceptors (Lipinski definition) is 5. The van der Waals surface area contributed by atoms with Crippen molar-refractivity contribution in [1.82, 2.24) is 4.90 Å². The summed E-state index contributed by atoms with van der Waals surface area (Å²) in [4.78, 5) is 13.5. The fraction of sp³-hybridized carbons (Fsp3) is 0.917. The zero-order valence-corrected chi connectivity index (χ0v) is 10.7. The van der Waals surface area contributed by atoms with Crippen molar-refractivity contribution in [3.05, 3.63) is 0 Å². The van der Waals surface area contributed by atoms with Gasteiger partial charge in [0.05, 0.1) is 7.11 Å². The fourth-order valence-corrected chi connectivity index (χ4v) is 2.10. The molecule has 0 bridgehead atoms. The third-order valence-corrected chi connectivity index (χ3v) is 3.33. The first kappa shape index (κ1) is 14.4. The highest BCUT2D eigenvalue weighted by Gasteiger charge is 2.36. The van der Waals surface area contributed by atoms with Crippen LogP contribution in [0.4, 0.5) is 0 Å². The summed E-state index contributed by atoms with van der Waals surface area (Å²) < 4.78 is 4.59. The van der Waals surface area contributed by atoms with Gasteiger partial charge in [0.15, 0.2) is 5.60 Å². The highest BCUT2D eigenvalue weighted by Crippen LogP contribution is 2.26. The minimum absolute atomic E-state index is 0.129. The summed E-state index contributed by atoms with van der Waals surface area (Å²) >= 11 is 0. The van der Waals surface area contributed by atoms with Crippen LogP contribution in [-0.4, -0.2) is 59.5 Å². The molecule has 1 atom stereocenters. The van der Waals surface area contributed by atoms with E-state index in [0.29, 0.717) is 19.0 Å². The van der Waals surface area contributed by atoms with Crippen molar-refractivity contribution in [2.75, 3.05) is 26.8 Å². The Morgan fingerprint density at radius 2 is 2.18 bits per heavy atom. The second-order valence-electron chi connectivity index (χ2n) is 4.90. The zero-order chi connectivity index (χ0) is 12.9. The average molecular weight is 245 g/mol. The molecule has 100 valence electrons. The summed E-state index contributed by atoms with van der Waals surface area (Å²) in [6, 6.07) is 0.428. The van der Waals surface area contributed by atoms with E-state index in [4.69, 9.17) is 5.11 Å². The van der Waals surface area contributed by atoms with Crippen LogP contribution in [0.5, 0.6) is 0 Å². The second-order valence-corrected chi connectivity index (χ2v) is 4.90. The smallest absolute Gasteiger partial charge is 0.338 e. The fourth-order valence-electron chi connectivity index (χ4n) is 2.10. The third kappa shape index (κ3) is 3.94. The van der Waals surface area contributed by atoms with Crippen molar-refractivity contribution in [1.29, 1.82) is 0 Å². The molecule has 0 saturated heterocycles. The minimum atomic E-state index is -1.47. The van der Waals surface area contributed by atoms with E-state index in [9.17, 15) is 9.90 Å². The van der Waals surface area contributed by atoms with Crippen LogP contribution < -0.4 is 0 Å². The molecule has 0 heterocycles. The Bertz CT molecular complexity index is 251. The number of carbonyl (C=O) groups is 1. The van der Waals surface area contributed by atoms with Crippen LogP contribution in [0.3, 0.4) is 0 Å². The zero-order valence-electron chi connectivity index (χ0n) is 10.7. The normalized spacial score (nSPS) is 19.8. The first-order valence-corrected chi connectivity index (χ1v) is 6.17. The summed E-state index contributed by atoms with van der Waals surface area (Å²) in [6.45, 7) is 2.58. The van der Waals surface area contributed by atoms with Crippen LogP contribution in [0, 0.1) is 0 Å². The second kappa shape index (κ2) is 6.33. The van der Waals surface area contributed by atoms with Crippen molar-refractivity contribution >= 4 is 5.97 Å². The van der Waals surface area contributed by atoms with E-state index in [1.807, 2.05) is 0 Å². The summed E-state index contributed by atoms with van der Waals surface area (Å²) in [5, 5.41) is 18.9. The van der Waals surface area contributed by atoms with Crippen LogP contribution in [-0.2, 0) is 9.53 Å². The van der Waals surface area contributed by atoms with Gasteiger partial charge in [-0.15, -0.1) is 0 Å². The lowest BCUT2D eigenvalue weighted by molar-refractivity contribution is -0.163. The summed E-state index contributed by atoms with van der Waals surface area (Å²) in [5.74, 6) is -0.606. The maximum Gasteiger partial charge on any atom is 0.338 e. The van der Waals surface area contributed by atoms with Gasteiger partial charge in [0.1, 0.15) is 0 Å². The Kier molecular flexibility index (Phi) is 5.36. The molecule has 2 N–H and O–H groups in total. The molecule has 0 aromatic heterocycles. The van der Waals surface area contributed by atoms with Crippen LogP contribution in [0.15, 0.2) is 0 Å². The van der Waals surface area contributed by atoms with E-state index in [-0.39, 0.29) is 13.2 Å². The molecule has 17 heavy (non-hydrogen) atoms. The number of ether oxygens (including phenoxy) is 1. The van der Waals surface area contributed by atoms with Crippen molar-refractivity contribution < 1.29 is 19.7 Å². The van der Waals surface area contributed by atoms with Crippen LogP contribution >= 0.6 is 0 Å². The number of carbonyl (C=O) groups excluding carboxylic acids is 1. The molecule has 0 aromatic carbocycles. The van der Waals surface area contributed by atoms with Gasteiger partial charge in [0.2, 0.25) is 0 Å². The highest BCUT2D eigenvalue weighted by molar-refractivity contribution is 5.78. The molecule has 1 aliphatic rings. The molecule has 1 aliphatic carbocycles. The quantitative estimate of drug-likeness (QED) is 0.625. The van der Waals surface area contributed by atoms with Gasteiger partial charge in [0.25, 0.3) is 0 Å². The van der Waals surface area contributed by atoms with Crippen LogP contribution in [0.2, 0.25) is 0 Å². The van der Waals surface area contributed by atoms with Crippen LogP contribution in [0.1, 0.15) is 32.6 Å².